The number of carboxylic acid groups (broad SMARTS) is 1. The van der Waals surface area contributed by atoms with Gasteiger partial charge in [-0.3, -0.25) is 0 Å². The summed E-state index contributed by atoms with van der Waals surface area (Å²) >= 11 is 0. The van der Waals surface area contributed by atoms with Gasteiger partial charge in [-0.25, -0.2) is 4.79 Å². The van der Waals surface area contributed by atoms with Gasteiger partial charge in [0, 0.05) is 24.6 Å². The van der Waals surface area contributed by atoms with Gasteiger partial charge in [0.2, 0.25) is 0 Å². The maximum Gasteiger partial charge on any atom is 0.330 e. The number of carbonyl (C=O) groups is 1. The molecule has 7 nitrogen and oxygen atoms in total. The number of carboxylic acids is 1. The molecule has 3 rings (SSSR count). The smallest absolute Gasteiger partial charge is 0.330 e. The van der Waals surface area contributed by atoms with Gasteiger partial charge in [-0.15, -0.1) is 0 Å². The Morgan fingerprint density at radius 3 is 2.28 bits per heavy atom. The van der Waals surface area contributed by atoms with Gasteiger partial charge in [-0.05, 0) is 23.3 Å². The maximum atomic E-state index is 12.0. The fraction of sp³-hybridized carbons (Fsp3) is 0.235. The van der Waals surface area contributed by atoms with Gasteiger partial charge in [0.1, 0.15) is 5.54 Å². The molecular formula is C17H17NO6S. The number of hydrogen-bond donors (Lipinski definition) is 3. The predicted molar refractivity (Wildman–Crippen MR) is 91.8 cm³/mol. The Hall–Kier alpha value is -2.74. The second kappa shape index (κ2) is 6.64. The van der Waals surface area contributed by atoms with Crippen molar-refractivity contribution >= 4 is 22.6 Å². The van der Waals surface area contributed by atoms with E-state index < -0.39 is 22.5 Å². The highest BCUT2D eigenvalue weighted by molar-refractivity contribution is 7.67. The van der Waals surface area contributed by atoms with Crippen molar-refractivity contribution in [2.45, 2.75) is 18.4 Å². The molecule has 0 atom stereocenters. The van der Waals surface area contributed by atoms with E-state index in [1.54, 1.807) is 6.07 Å². The first-order chi connectivity index (χ1) is 11.9. The molecule has 2 aromatic carbocycles. The number of aliphatic carboxylic acids is 1. The second-order valence-electron chi connectivity index (χ2n) is 5.82. The second-order valence-corrected chi connectivity index (χ2v) is 6.44. The number of nitrogens with one attached hydrogen (secondary N) is 1. The largest absolute Gasteiger partial charge is 0.493 e. The molecule has 2 N–H and O–H groups in total. The summed E-state index contributed by atoms with van der Waals surface area (Å²) in [5.74, 6) is -0.736. The van der Waals surface area contributed by atoms with Crippen molar-refractivity contribution < 1.29 is 27.2 Å². The first-order valence-corrected chi connectivity index (χ1v) is 8.62. The first kappa shape index (κ1) is 17.1. The Morgan fingerprint density at radius 1 is 1.12 bits per heavy atom. The van der Waals surface area contributed by atoms with Crippen LogP contribution in [0, 0.1) is 0 Å². The van der Waals surface area contributed by atoms with Gasteiger partial charge in [0.25, 0.3) is 11.0 Å². The van der Waals surface area contributed by atoms with Gasteiger partial charge in [0.05, 0.1) is 7.11 Å². The minimum atomic E-state index is -3.11. The van der Waals surface area contributed by atoms with E-state index in [9.17, 15) is 18.3 Å². The molecule has 2 aromatic rings. The van der Waals surface area contributed by atoms with E-state index in [-0.39, 0.29) is 11.5 Å². The number of fused-ring (bicyclic) bond motifs is 1. The standard InChI is InChI=1S/C17H17NO6S/c1-23-14-7-6-13(8-15(14)24-25(21)22)18-17(16(19)20)9-11-4-2-3-5-12(11)10-17/h2-8,18,25H,9-10H2,1H3,(H,19,20). The van der Waals surface area contributed by atoms with Crippen LogP contribution < -0.4 is 14.2 Å². The summed E-state index contributed by atoms with van der Waals surface area (Å²) in [7, 11) is -1.73. The zero-order chi connectivity index (χ0) is 18.0. The lowest BCUT2D eigenvalue weighted by Crippen LogP contribution is -2.47. The molecule has 1 aliphatic carbocycles. The minimum absolute atomic E-state index is 0.000314. The Bertz CT molecular complexity index is 859. The van der Waals surface area contributed by atoms with Crippen molar-refractivity contribution in [3.63, 3.8) is 0 Å². The number of hydrogen-bond acceptors (Lipinski definition) is 6. The number of rotatable bonds is 6. The normalized spacial score (nSPS) is 14.8. The van der Waals surface area contributed by atoms with Crippen molar-refractivity contribution in [2.75, 3.05) is 12.4 Å². The van der Waals surface area contributed by atoms with E-state index in [2.05, 4.69) is 5.32 Å². The highest BCUT2D eigenvalue weighted by atomic mass is 32.2. The van der Waals surface area contributed by atoms with Crippen LogP contribution in [-0.2, 0) is 28.6 Å². The molecule has 0 unspecified atom stereocenters. The van der Waals surface area contributed by atoms with Crippen LogP contribution in [0.3, 0.4) is 0 Å². The molecule has 0 aromatic heterocycles. The molecule has 132 valence electrons. The Morgan fingerprint density at radius 2 is 1.76 bits per heavy atom. The summed E-state index contributed by atoms with van der Waals surface area (Å²) in [5.41, 5.74) is 1.19. The van der Waals surface area contributed by atoms with Crippen LogP contribution in [0.1, 0.15) is 11.1 Å². The van der Waals surface area contributed by atoms with E-state index in [0.717, 1.165) is 11.1 Å². The Labute approximate surface area is 146 Å². The van der Waals surface area contributed by atoms with Crippen molar-refractivity contribution in [2.24, 2.45) is 0 Å². The zero-order valence-electron chi connectivity index (χ0n) is 13.4. The van der Waals surface area contributed by atoms with Gasteiger partial charge in [-0.2, -0.15) is 8.42 Å². The number of thiol groups is 1. The Kier molecular flexibility index (Phi) is 4.54. The lowest BCUT2D eigenvalue weighted by Gasteiger charge is -2.27. The van der Waals surface area contributed by atoms with Gasteiger partial charge < -0.3 is 19.3 Å². The highest BCUT2D eigenvalue weighted by Crippen LogP contribution is 2.36. The molecule has 0 amide bonds. The SMILES string of the molecule is COc1ccc(NC2(C(=O)O)Cc3ccccc3C2)cc1O[SH](=O)=O. The lowest BCUT2D eigenvalue weighted by atomic mass is 9.95. The fourth-order valence-electron chi connectivity index (χ4n) is 3.09. The van der Waals surface area contributed by atoms with Crippen molar-refractivity contribution in [1.82, 2.24) is 0 Å². The molecule has 0 bridgehead atoms. The topological polar surface area (TPSA) is 102 Å². The first-order valence-electron chi connectivity index (χ1n) is 7.52. The summed E-state index contributed by atoms with van der Waals surface area (Å²) in [6.07, 6.45) is 0.660. The Balaban J connectivity index is 1.93. The summed E-state index contributed by atoms with van der Waals surface area (Å²) in [6, 6.07) is 12.1. The van der Waals surface area contributed by atoms with Crippen molar-refractivity contribution in [1.29, 1.82) is 0 Å². The maximum absolute atomic E-state index is 12.0. The van der Waals surface area contributed by atoms with E-state index in [1.165, 1.54) is 19.2 Å². The number of anilines is 1. The van der Waals surface area contributed by atoms with Crippen LogP contribution in [0.4, 0.5) is 5.69 Å². The fourth-order valence-corrected chi connectivity index (χ4v) is 3.39. The monoisotopic (exact) mass is 363 g/mol. The highest BCUT2D eigenvalue weighted by Gasteiger charge is 2.44. The quantitative estimate of drug-likeness (QED) is 0.671. The van der Waals surface area contributed by atoms with Crippen LogP contribution in [0.2, 0.25) is 0 Å². The third-order valence-electron chi connectivity index (χ3n) is 4.23. The molecule has 0 saturated carbocycles. The third kappa shape index (κ3) is 3.39. The van der Waals surface area contributed by atoms with Crippen molar-refractivity contribution in [3.8, 4) is 11.5 Å². The summed E-state index contributed by atoms with van der Waals surface area (Å²) in [5, 5.41) is 12.8. The zero-order valence-corrected chi connectivity index (χ0v) is 14.3. The molecule has 8 heteroatoms. The molecule has 0 saturated heterocycles. The molecule has 1 aliphatic rings. The third-order valence-corrected chi connectivity index (χ3v) is 4.58. The van der Waals surface area contributed by atoms with Crippen LogP contribution in [-0.4, -0.2) is 32.1 Å². The van der Waals surface area contributed by atoms with Gasteiger partial charge in [-0.1, -0.05) is 24.3 Å². The number of ether oxygens (including phenoxy) is 1. The molecule has 0 heterocycles. The van der Waals surface area contributed by atoms with Gasteiger partial charge >= 0.3 is 5.97 Å². The predicted octanol–water partition coefficient (Wildman–Crippen LogP) is 1.63. The van der Waals surface area contributed by atoms with Crippen molar-refractivity contribution in [3.05, 3.63) is 53.6 Å². The van der Waals surface area contributed by atoms with Crippen LogP contribution in [0.25, 0.3) is 0 Å². The van der Waals surface area contributed by atoms with Crippen LogP contribution in [0.5, 0.6) is 11.5 Å². The summed E-state index contributed by atoms with van der Waals surface area (Å²) < 4.78 is 31.5. The summed E-state index contributed by atoms with van der Waals surface area (Å²) in [4.78, 5) is 12.0. The molecule has 0 spiro atoms. The minimum Gasteiger partial charge on any atom is -0.493 e. The van der Waals surface area contributed by atoms with Crippen LogP contribution >= 0.6 is 0 Å². The van der Waals surface area contributed by atoms with Gasteiger partial charge in [0.15, 0.2) is 11.5 Å². The average Bonchev–Trinajstić information content (AvgIpc) is 2.94. The summed E-state index contributed by atoms with van der Waals surface area (Å²) in [6.45, 7) is 0. The van der Waals surface area contributed by atoms with E-state index >= 15 is 0 Å². The molecule has 25 heavy (non-hydrogen) atoms. The van der Waals surface area contributed by atoms with E-state index in [1.807, 2.05) is 24.3 Å². The molecule has 0 aliphatic heterocycles. The molecule has 0 radical (unpaired) electrons. The molecular weight excluding hydrogens is 346 g/mol. The van der Waals surface area contributed by atoms with Crippen LogP contribution in [0.15, 0.2) is 42.5 Å². The number of benzene rings is 2. The average molecular weight is 363 g/mol. The van der Waals surface area contributed by atoms with E-state index in [4.69, 9.17) is 8.92 Å². The lowest BCUT2D eigenvalue weighted by molar-refractivity contribution is -0.142. The number of methoxy groups -OCH3 is 1. The van der Waals surface area contributed by atoms with E-state index in [0.29, 0.717) is 18.5 Å². The molecule has 0 fully saturated rings.